The van der Waals surface area contributed by atoms with Crippen molar-refractivity contribution in [3.63, 3.8) is 0 Å². The zero-order valence-corrected chi connectivity index (χ0v) is 8.40. The van der Waals surface area contributed by atoms with Crippen LogP contribution in [0.1, 0.15) is 5.56 Å². The minimum absolute atomic E-state index is 0.282. The van der Waals surface area contributed by atoms with Gasteiger partial charge in [0.05, 0.1) is 0 Å². The van der Waals surface area contributed by atoms with Crippen LogP contribution in [0.25, 0.3) is 0 Å². The molecule has 66 valence electrons. The molecule has 13 heavy (non-hydrogen) atoms. The van der Waals surface area contributed by atoms with E-state index in [4.69, 9.17) is 22.2 Å². The third-order valence-electron chi connectivity index (χ3n) is 1.32. The lowest BCUT2D eigenvalue weighted by Gasteiger charge is -2.03. The Kier molecular flexibility index (Phi) is 4.30. The van der Waals surface area contributed by atoms with E-state index >= 15 is 0 Å². The van der Waals surface area contributed by atoms with E-state index in [1.807, 2.05) is 35.7 Å². The molecule has 1 aromatic rings. The molecule has 0 saturated carbocycles. The Morgan fingerprint density at radius 2 is 2.15 bits per heavy atom. The molecule has 1 rings (SSSR count). The molecule has 0 radical (unpaired) electrons. The van der Waals surface area contributed by atoms with Crippen molar-refractivity contribution >= 4 is 29.0 Å². The van der Waals surface area contributed by atoms with Crippen LogP contribution >= 0.6 is 24.0 Å². The lowest BCUT2D eigenvalue weighted by Crippen LogP contribution is -2.02. The lowest BCUT2D eigenvalue weighted by molar-refractivity contribution is 0.394. The third kappa shape index (κ3) is 3.45. The summed E-state index contributed by atoms with van der Waals surface area (Å²) in [7, 11) is 0. The van der Waals surface area contributed by atoms with Gasteiger partial charge in [-0.05, 0) is 24.0 Å². The number of thiocarbonyl (C=S) groups is 1. The van der Waals surface area contributed by atoms with E-state index in [-0.39, 0.29) is 5.94 Å². The van der Waals surface area contributed by atoms with Gasteiger partial charge in [0.15, 0.2) is 5.05 Å². The number of hydrogen-bond donors (Lipinski definition) is 0. The first-order valence-electron chi connectivity index (χ1n) is 3.57. The van der Waals surface area contributed by atoms with Gasteiger partial charge in [-0.1, -0.05) is 30.3 Å². The first-order chi connectivity index (χ1) is 6.34. The van der Waals surface area contributed by atoms with E-state index in [1.165, 1.54) is 0 Å². The van der Waals surface area contributed by atoms with Gasteiger partial charge in [0.2, 0.25) is 0 Å². The van der Waals surface area contributed by atoms with Gasteiger partial charge in [0.25, 0.3) is 0 Å². The van der Waals surface area contributed by atoms with Gasteiger partial charge in [-0.3, -0.25) is 0 Å². The number of nitriles is 1. The van der Waals surface area contributed by atoms with Crippen molar-refractivity contribution in [2.45, 2.75) is 0 Å². The van der Waals surface area contributed by atoms with Crippen molar-refractivity contribution in [3.8, 4) is 5.40 Å². The molecular weight excluding hydrogens is 202 g/mol. The maximum Gasteiger partial charge on any atom is 0.192 e. The smallest absolute Gasteiger partial charge is 0.192 e. The highest BCUT2D eigenvalue weighted by molar-refractivity contribution is 8.03. The van der Waals surface area contributed by atoms with E-state index in [0.29, 0.717) is 5.05 Å². The first kappa shape index (κ1) is 10.0. The summed E-state index contributed by atoms with van der Waals surface area (Å²) in [4.78, 5) is 0. The fraction of sp³-hybridized carbons (Fsp3) is 0.111. The van der Waals surface area contributed by atoms with Gasteiger partial charge < -0.3 is 4.74 Å². The molecule has 0 heterocycles. The number of nitrogens with zero attached hydrogens (tertiary/aromatic N) is 1. The molecule has 0 spiro atoms. The molecular formula is C9H7NOS2. The summed E-state index contributed by atoms with van der Waals surface area (Å²) in [5, 5.41) is 10.6. The largest absolute Gasteiger partial charge is 0.471 e. The van der Waals surface area contributed by atoms with Crippen LogP contribution in [0.4, 0.5) is 0 Å². The average Bonchev–Trinajstić information content (AvgIpc) is 2.19. The second-order valence-corrected chi connectivity index (χ2v) is 3.23. The Labute approximate surface area is 86.5 Å². The predicted octanol–water partition coefficient (Wildman–Crippen LogP) is 2.55. The Balaban J connectivity index is 2.46. The Bertz CT molecular complexity index is 318. The third-order valence-corrected chi connectivity index (χ3v) is 2.04. The number of benzene rings is 1. The number of hydrogen-bond acceptors (Lipinski definition) is 4. The Morgan fingerprint density at radius 3 is 2.77 bits per heavy atom. The summed E-state index contributed by atoms with van der Waals surface area (Å²) in [6.45, 7) is 0. The van der Waals surface area contributed by atoms with E-state index in [0.717, 1.165) is 17.3 Å². The fourth-order valence-corrected chi connectivity index (χ4v) is 1.27. The summed E-state index contributed by atoms with van der Waals surface area (Å²) in [6, 6.07) is 9.44. The summed E-state index contributed by atoms with van der Waals surface area (Å²) in [5.74, 6) is 0.282. The van der Waals surface area contributed by atoms with Crippen LogP contribution in [0, 0.1) is 10.7 Å². The zero-order chi connectivity index (χ0) is 9.52. The molecule has 0 saturated heterocycles. The predicted molar refractivity (Wildman–Crippen MR) is 57.3 cm³/mol. The standard InChI is InChI=1S/C9H7NOS2/c10-6-13-7-11-9(12)8-4-2-1-3-5-8/h1-5H,7H2. The minimum atomic E-state index is 0.282. The van der Waals surface area contributed by atoms with Crippen molar-refractivity contribution < 1.29 is 4.74 Å². The lowest BCUT2D eigenvalue weighted by atomic mass is 10.2. The highest BCUT2D eigenvalue weighted by Crippen LogP contribution is 2.05. The average molecular weight is 209 g/mol. The van der Waals surface area contributed by atoms with Crippen LogP contribution in [0.2, 0.25) is 0 Å². The topological polar surface area (TPSA) is 33.0 Å². The van der Waals surface area contributed by atoms with Crippen LogP contribution in [0.5, 0.6) is 0 Å². The monoisotopic (exact) mass is 209 g/mol. The van der Waals surface area contributed by atoms with Crippen LogP contribution in [-0.4, -0.2) is 11.0 Å². The molecule has 2 nitrogen and oxygen atoms in total. The SMILES string of the molecule is N#CSCOC(=S)c1ccccc1. The van der Waals surface area contributed by atoms with E-state index in [2.05, 4.69) is 0 Å². The fourth-order valence-electron chi connectivity index (χ4n) is 0.767. The molecule has 0 fully saturated rings. The quantitative estimate of drug-likeness (QED) is 0.331. The van der Waals surface area contributed by atoms with Crippen molar-refractivity contribution in [2.24, 2.45) is 0 Å². The number of rotatable bonds is 3. The maximum absolute atomic E-state index is 8.24. The van der Waals surface area contributed by atoms with Crippen molar-refractivity contribution in [1.29, 1.82) is 5.26 Å². The Hall–Kier alpha value is -1.05. The Morgan fingerprint density at radius 1 is 1.46 bits per heavy atom. The summed E-state index contributed by atoms with van der Waals surface area (Å²) in [5.41, 5.74) is 0.871. The molecule has 0 aliphatic rings. The number of ether oxygens (including phenoxy) is 1. The van der Waals surface area contributed by atoms with Gasteiger partial charge in [-0.25, -0.2) is 0 Å². The van der Waals surface area contributed by atoms with Crippen LogP contribution in [0.15, 0.2) is 30.3 Å². The normalized spacial score (nSPS) is 8.85. The second kappa shape index (κ2) is 5.57. The van der Waals surface area contributed by atoms with Gasteiger partial charge in [0, 0.05) is 5.56 Å². The van der Waals surface area contributed by atoms with Crippen molar-refractivity contribution in [1.82, 2.24) is 0 Å². The first-order valence-corrected chi connectivity index (χ1v) is 4.97. The summed E-state index contributed by atoms with van der Waals surface area (Å²) in [6.07, 6.45) is 0. The molecule has 0 unspecified atom stereocenters. The molecule has 0 aliphatic heterocycles. The van der Waals surface area contributed by atoms with Gasteiger partial charge in [0.1, 0.15) is 11.3 Å². The second-order valence-electron chi connectivity index (χ2n) is 2.15. The van der Waals surface area contributed by atoms with E-state index in [9.17, 15) is 0 Å². The molecule has 0 aromatic heterocycles. The number of thiocyanates is 1. The van der Waals surface area contributed by atoms with E-state index < -0.39 is 0 Å². The molecule has 4 heteroatoms. The molecule has 0 amide bonds. The maximum atomic E-state index is 8.24. The van der Waals surface area contributed by atoms with Crippen LogP contribution < -0.4 is 0 Å². The minimum Gasteiger partial charge on any atom is -0.471 e. The van der Waals surface area contributed by atoms with Crippen LogP contribution in [0.3, 0.4) is 0 Å². The summed E-state index contributed by atoms with van der Waals surface area (Å²) < 4.78 is 5.14. The number of thioether (sulfide) groups is 1. The van der Waals surface area contributed by atoms with E-state index in [1.54, 1.807) is 0 Å². The van der Waals surface area contributed by atoms with Crippen molar-refractivity contribution in [3.05, 3.63) is 35.9 Å². The molecule has 0 aliphatic carbocycles. The molecule has 1 aromatic carbocycles. The summed E-state index contributed by atoms with van der Waals surface area (Å²) >= 11 is 6.02. The van der Waals surface area contributed by atoms with Gasteiger partial charge in [-0.15, -0.1) is 0 Å². The van der Waals surface area contributed by atoms with Gasteiger partial charge in [-0.2, -0.15) is 5.26 Å². The highest BCUT2D eigenvalue weighted by Gasteiger charge is 1.99. The molecule has 0 atom stereocenters. The van der Waals surface area contributed by atoms with Crippen molar-refractivity contribution in [2.75, 3.05) is 5.94 Å². The van der Waals surface area contributed by atoms with Gasteiger partial charge >= 0.3 is 0 Å². The van der Waals surface area contributed by atoms with Crippen LogP contribution in [-0.2, 0) is 4.74 Å². The molecule has 0 bridgehead atoms. The highest BCUT2D eigenvalue weighted by atomic mass is 32.2. The zero-order valence-electron chi connectivity index (χ0n) is 6.77. The molecule has 0 N–H and O–H groups in total.